The fraction of sp³-hybridized carbons (Fsp3) is 0.414. The van der Waals surface area contributed by atoms with Gasteiger partial charge in [-0.25, -0.2) is 19.1 Å². The maximum atomic E-state index is 13.9. The average Bonchev–Trinajstić information content (AvgIpc) is 3.55. The van der Waals surface area contributed by atoms with Crippen LogP contribution in [-0.4, -0.2) is 148 Å². The smallest absolute Gasteiger partial charge is 0.411 e. The van der Waals surface area contributed by atoms with E-state index < -0.39 is 77.8 Å². The number of carboxylic acids is 2. The molecule has 2 fully saturated rings. The van der Waals surface area contributed by atoms with Gasteiger partial charge < -0.3 is 36.2 Å². The molecular formula is C29H33N11O11S2. The van der Waals surface area contributed by atoms with Crippen molar-refractivity contribution in [1.82, 2.24) is 45.5 Å². The Balaban J connectivity index is 1.32. The number of aliphatic carboxylic acids is 2. The molecule has 1 aromatic heterocycles. The number of likely N-dealkylation sites (N-methyl/N-ethyl adjacent to an activating group) is 1. The van der Waals surface area contributed by atoms with E-state index >= 15 is 0 Å². The van der Waals surface area contributed by atoms with Crippen LogP contribution in [-0.2, 0) is 40.6 Å². The van der Waals surface area contributed by atoms with E-state index in [1.54, 1.807) is 14.0 Å². The van der Waals surface area contributed by atoms with Crippen LogP contribution in [0, 0.1) is 0 Å². The number of nitrogens with zero attached hydrogens (tertiary/aromatic N) is 7. The molecule has 5 rings (SSSR count). The van der Waals surface area contributed by atoms with Crippen molar-refractivity contribution in [1.29, 1.82) is 0 Å². The Morgan fingerprint density at radius 2 is 1.81 bits per heavy atom. The predicted molar refractivity (Wildman–Crippen MR) is 181 cm³/mol. The number of carbonyl (C=O) groups is 8. The molecule has 0 radical (unpaired) electrons. The Hall–Kier alpha value is -5.75. The van der Waals surface area contributed by atoms with Crippen molar-refractivity contribution >= 4 is 76.9 Å². The molecule has 4 atom stereocenters. The number of hydrogen-bond donors (Lipinski definition) is 6. The first-order valence-electron chi connectivity index (χ1n) is 15.7. The van der Waals surface area contributed by atoms with Gasteiger partial charge >= 0.3 is 35.9 Å². The van der Waals surface area contributed by atoms with Crippen LogP contribution < -0.4 is 21.7 Å². The zero-order chi connectivity index (χ0) is 38.6. The van der Waals surface area contributed by atoms with Crippen LogP contribution in [0.1, 0.15) is 18.5 Å². The van der Waals surface area contributed by atoms with Crippen LogP contribution in [0.15, 0.2) is 40.7 Å². The Labute approximate surface area is 307 Å². The number of aromatic nitrogens is 4. The number of ether oxygens (including phenoxy) is 1. The van der Waals surface area contributed by atoms with Crippen LogP contribution in [0.4, 0.5) is 15.3 Å². The second-order valence-electron chi connectivity index (χ2n) is 11.5. The first kappa shape index (κ1) is 38.5. The van der Waals surface area contributed by atoms with E-state index in [1.165, 1.54) is 57.4 Å². The minimum Gasteiger partial charge on any atom is -0.480 e. The summed E-state index contributed by atoms with van der Waals surface area (Å²) in [6.07, 6.45) is -1.02. The molecule has 4 heterocycles. The zero-order valence-electron chi connectivity index (χ0n) is 28.0. The Bertz CT molecular complexity index is 1870. The molecule has 3 aliphatic rings. The fourth-order valence-electron chi connectivity index (χ4n) is 5.35. The third kappa shape index (κ3) is 8.33. The van der Waals surface area contributed by atoms with Gasteiger partial charge in [0.1, 0.15) is 35.8 Å². The summed E-state index contributed by atoms with van der Waals surface area (Å²) in [6, 6.07) is 0.105. The maximum Gasteiger partial charge on any atom is 0.411 e. The summed E-state index contributed by atoms with van der Waals surface area (Å²) in [5.74, 6) is -5.94. The van der Waals surface area contributed by atoms with Crippen LogP contribution >= 0.6 is 23.5 Å². The molecule has 53 heavy (non-hydrogen) atoms. The van der Waals surface area contributed by atoms with E-state index in [2.05, 4.69) is 31.5 Å². The number of nitrogens with one attached hydrogen (secondary N) is 3. The topological polar surface area (TPSA) is 302 Å². The lowest BCUT2D eigenvalue weighted by molar-refractivity contribution is -0.153. The first-order valence-corrected chi connectivity index (χ1v) is 17.7. The molecule has 0 bridgehead atoms. The molecule has 1 aromatic carbocycles. The van der Waals surface area contributed by atoms with E-state index in [0.29, 0.717) is 15.6 Å². The number of β-lactam (4-membered cyclic amide) rings is 1. The number of rotatable bonds is 13. The third-order valence-electron chi connectivity index (χ3n) is 8.17. The summed E-state index contributed by atoms with van der Waals surface area (Å²) < 4.78 is 6.20. The van der Waals surface area contributed by atoms with Crippen molar-refractivity contribution in [3.63, 3.8) is 0 Å². The van der Waals surface area contributed by atoms with Crippen molar-refractivity contribution in [2.45, 2.75) is 35.6 Å². The van der Waals surface area contributed by atoms with Crippen LogP contribution in [0.2, 0.25) is 0 Å². The largest absolute Gasteiger partial charge is 0.480 e. The highest BCUT2D eigenvalue weighted by atomic mass is 32.2. The summed E-state index contributed by atoms with van der Waals surface area (Å²) in [5, 5.41) is 37.1. The van der Waals surface area contributed by atoms with E-state index in [4.69, 9.17) is 15.6 Å². The summed E-state index contributed by atoms with van der Waals surface area (Å²) in [7, 11) is 1.62. The SMILES string of the molecule is CCN1CCN(C(=O)N[C@H](C(=O)N[C@@H]2C(=O)N3C(C(=O)O)=C(CSc4nnnn4C)CS[C@@H]23)c2ccc(NC(=O)OC[C@@H](N)C(=O)O)cc2)C(=O)C1=O. The highest BCUT2D eigenvalue weighted by Gasteiger charge is 2.54. The number of carbonyl (C=O) groups excluding carboxylic acids is 6. The number of hydrogen-bond acceptors (Lipinski definition) is 15. The first-order chi connectivity index (χ1) is 25.2. The number of nitrogens with two attached hydrogens (primary N) is 1. The van der Waals surface area contributed by atoms with E-state index in [0.717, 1.165) is 4.90 Å². The Kier molecular flexibility index (Phi) is 11.8. The van der Waals surface area contributed by atoms with Gasteiger partial charge in [0.05, 0.1) is 0 Å². The molecule has 0 saturated carbocycles. The van der Waals surface area contributed by atoms with E-state index in [1.807, 2.05) is 0 Å². The molecule has 0 aliphatic carbocycles. The summed E-state index contributed by atoms with van der Waals surface area (Å²) in [5.41, 5.74) is 5.82. The monoisotopic (exact) mass is 775 g/mol. The quantitative estimate of drug-likeness (QED) is 0.0739. The molecule has 2 saturated heterocycles. The van der Waals surface area contributed by atoms with Crippen molar-refractivity contribution in [3.05, 3.63) is 41.1 Å². The maximum absolute atomic E-state index is 13.9. The number of fused-ring (bicyclic) bond motifs is 1. The fourth-order valence-corrected chi connectivity index (χ4v) is 7.68. The molecule has 3 aliphatic heterocycles. The lowest BCUT2D eigenvalue weighted by Gasteiger charge is -2.49. The molecule has 282 valence electrons. The number of piperazine rings is 1. The van der Waals surface area contributed by atoms with Crippen LogP contribution in [0.5, 0.6) is 0 Å². The van der Waals surface area contributed by atoms with E-state index in [-0.39, 0.29) is 48.1 Å². The van der Waals surface area contributed by atoms with Crippen LogP contribution in [0.3, 0.4) is 0 Å². The number of aryl methyl sites for hydroxylation is 1. The number of imide groups is 1. The van der Waals surface area contributed by atoms with Gasteiger partial charge in [0.25, 0.3) is 5.91 Å². The number of carboxylic acid groups (broad SMARTS) is 2. The van der Waals surface area contributed by atoms with Gasteiger partial charge in [0, 0.05) is 43.9 Å². The second-order valence-corrected chi connectivity index (χ2v) is 13.6. The number of amides is 7. The normalized spacial score (nSPS) is 19.5. The number of benzene rings is 1. The second kappa shape index (κ2) is 16.3. The third-order valence-corrected chi connectivity index (χ3v) is 10.6. The van der Waals surface area contributed by atoms with Gasteiger partial charge in [-0.3, -0.25) is 39.1 Å². The summed E-state index contributed by atoms with van der Waals surface area (Å²) >= 11 is 2.41. The number of anilines is 1. The lowest BCUT2D eigenvalue weighted by Crippen LogP contribution is -2.71. The highest BCUT2D eigenvalue weighted by molar-refractivity contribution is 8.01. The zero-order valence-corrected chi connectivity index (χ0v) is 29.6. The highest BCUT2D eigenvalue weighted by Crippen LogP contribution is 2.41. The van der Waals surface area contributed by atoms with Crippen molar-refractivity contribution < 1.29 is 53.3 Å². The molecule has 0 unspecified atom stereocenters. The molecule has 7 amide bonds. The van der Waals surface area contributed by atoms with Crippen molar-refractivity contribution in [3.8, 4) is 0 Å². The molecular weight excluding hydrogens is 743 g/mol. The molecule has 2 aromatic rings. The molecule has 22 nitrogen and oxygen atoms in total. The average molecular weight is 776 g/mol. The minimum absolute atomic E-state index is 0.0694. The Morgan fingerprint density at radius 1 is 1.09 bits per heavy atom. The summed E-state index contributed by atoms with van der Waals surface area (Å²) in [4.78, 5) is 104. The van der Waals surface area contributed by atoms with Gasteiger partial charge in [-0.2, -0.15) is 0 Å². The standard InChI is InChI=1S/C29H33N11O11S2/c1-3-38-8-9-39(23(44)22(38)43)27(49)33-17(13-4-6-15(7-5-13)31-29(50)51-10-16(30)25(45)46)20(41)32-18-21(42)40-19(26(47)48)14(11-52-24(18)40)12-53-28-34-35-36-37(28)2/h4-7,16-18,24H,3,8-12,30H2,1-2H3,(H,31,50)(H,32,41)(H,33,49)(H,45,46)(H,47,48)/t16-,17+,18-,24+/m1/s1. The summed E-state index contributed by atoms with van der Waals surface area (Å²) in [6.45, 7) is 1.23. The Morgan fingerprint density at radius 3 is 2.43 bits per heavy atom. The molecule has 0 spiro atoms. The van der Waals surface area contributed by atoms with Crippen molar-refractivity contribution in [2.24, 2.45) is 12.8 Å². The van der Waals surface area contributed by atoms with Gasteiger partial charge in [-0.15, -0.1) is 16.9 Å². The molecule has 24 heteroatoms. The van der Waals surface area contributed by atoms with Crippen molar-refractivity contribution in [2.75, 3.05) is 43.1 Å². The van der Waals surface area contributed by atoms with Crippen LogP contribution in [0.25, 0.3) is 0 Å². The minimum atomic E-state index is -1.55. The van der Waals surface area contributed by atoms with Gasteiger partial charge in [0.2, 0.25) is 11.1 Å². The van der Waals surface area contributed by atoms with Gasteiger partial charge in [0.15, 0.2) is 0 Å². The molecule has 7 N–H and O–H groups in total. The van der Waals surface area contributed by atoms with Gasteiger partial charge in [-0.05, 0) is 40.6 Å². The predicted octanol–water partition coefficient (Wildman–Crippen LogP) is -1.86. The number of thioether (sulfide) groups is 2. The van der Waals surface area contributed by atoms with Gasteiger partial charge in [-0.1, -0.05) is 23.9 Å². The number of urea groups is 1. The lowest BCUT2D eigenvalue weighted by atomic mass is 10.0. The van der Waals surface area contributed by atoms with E-state index in [9.17, 15) is 43.5 Å². The number of tetrazole rings is 1.